The zero-order chi connectivity index (χ0) is 33.9. The van der Waals surface area contributed by atoms with Gasteiger partial charge in [0.2, 0.25) is 17.7 Å². The molecule has 2 heterocycles. The SMILES string of the molecule is CC[C@H](C(=O)N[C@H](C(=O)N(C)[C@H](CN1CCCC[C@H]1C(=O)N1CCCC1)C(C)C)C(C)(C)C)C(C)(C)c1ccccc1.O=CO. The van der Waals surface area contributed by atoms with Crippen LogP contribution in [0.2, 0.25) is 0 Å². The fourth-order valence-electron chi connectivity index (χ4n) is 7.01. The van der Waals surface area contributed by atoms with E-state index < -0.39 is 11.5 Å². The van der Waals surface area contributed by atoms with Gasteiger partial charge in [-0.15, -0.1) is 0 Å². The Balaban J connectivity index is 0.00000226. The normalized spacial score (nSPS) is 19.6. The van der Waals surface area contributed by atoms with E-state index >= 15 is 0 Å². The second-order valence-electron chi connectivity index (χ2n) is 14.8. The van der Waals surface area contributed by atoms with Crippen molar-refractivity contribution in [3.05, 3.63) is 35.9 Å². The van der Waals surface area contributed by atoms with E-state index in [4.69, 9.17) is 9.90 Å². The second kappa shape index (κ2) is 17.1. The highest BCUT2D eigenvalue weighted by molar-refractivity contribution is 5.90. The number of likely N-dealkylation sites (tertiary alicyclic amines) is 2. The lowest BCUT2D eigenvalue weighted by molar-refractivity contribution is -0.143. The van der Waals surface area contributed by atoms with Crippen LogP contribution in [-0.4, -0.2) is 95.4 Å². The summed E-state index contributed by atoms with van der Waals surface area (Å²) in [7, 11) is 1.88. The third-order valence-electron chi connectivity index (χ3n) is 9.87. The zero-order valence-electron chi connectivity index (χ0n) is 29.3. The predicted molar refractivity (Wildman–Crippen MR) is 180 cm³/mol. The topological polar surface area (TPSA) is 110 Å². The van der Waals surface area contributed by atoms with Crippen LogP contribution in [0.3, 0.4) is 0 Å². The first-order chi connectivity index (χ1) is 21.1. The quantitative estimate of drug-likeness (QED) is 0.327. The molecule has 9 heteroatoms. The molecule has 2 saturated heterocycles. The van der Waals surface area contributed by atoms with Gasteiger partial charge in [0.25, 0.3) is 6.47 Å². The Kier molecular flexibility index (Phi) is 14.5. The number of hydrogen-bond acceptors (Lipinski definition) is 5. The van der Waals surface area contributed by atoms with Gasteiger partial charge in [0.15, 0.2) is 0 Å². The molecule has 45 heavy (non-hydrogen) atoms. The molecule has 2 aliphatic rings. The van der Waals surface area contributed by atoms with E-state index in [9.17, 15) is 14.4 Å². The largest absolute Gasteiger partial charge is 0.483 e. The molecule has 3 amide bonds. The Labute approximate surface area is 272 Å². The Morgan fingerprint density at radius 1 is 1.00 bits per heavy atom. The minimum atomic E-state index is -0.666. The average molecular weight is 629 g/mol. The predicted octanol–water partition coefficient (Wildman–Crippen LogP) is 5.18. The molecule has 0 bridgehead atoms. The van der Waals surface area contributed by atoms with E-state index in [1.54, 1.807) is 0 Å². The first-order valence-electron chi connectivity index (χ1n) is 16.8. The summed E-state index contributed by atoms with van der Waals surface area (Å²) in [5.41, 5.74) is 0.252. The van der Waals surface area contributed by atoms with E-state index in [1.807, 2.05) is 62.7 Å². The highest BCUT2D eigenvalue weighted by atomic mass is 16.3. The summed E-state index contributed by atoms with van der Waals surface area (Å²) in [5, 5.41) is 10.1. The number of amides is 3. The summed E-state index contributed by atoms with van der Waals surface area (Å²) >= 11 is 0. The summed E-state index contributed by atoms with van der Waals surface area (Å²) < 4.78 is 0. The molecule has 0 aromatic heterocycles. The molecule has 0 radical (unpaired) electrons. The lowest BCUT2D eigenvalue weighted by Crippen LogP contribution is -2.61. The Morgan fingerprint density at radius 3 is 2.07 bits per heavy atom. The Hall–Kier alpha value is -2.94. The van der Waals surface area contributed by atoms with E-state index in [-0.39, 0.29) is 53.5 Å². The van der Waals surface area contributed by atoms with Gasteiger partial charge in [-0.05, 0) is 55.5 Å². The van der Waals surface area contributed by atoms with Crippen LogP contribution in [0.4, 0.5) is 0 Å². The molecule has 9 nitrogen and oxygen atoms in total. The highest BCUT2D eigenvalue weighted by Gasteiger charge is 2.42. The number of carbonyl (C=O) groups is 4. The third kappa shape index (κ3) is 10.0. The first-order valence-corrected chi connectivity index (χ1v) is 16.8. The van der Waals surface area contributed by atoms with Crippen LogP contribution in [0.25, 0.3) is 0 Å². The van der Waals surface area contributed by atoms with Crippen LogP contribution in [-0.2, 0) is 24.6 Å². The number of hydrogen-bond donors (Lipinski definition) is 2. The number of likely N-dealkylation sites (N-methyl/N-ethyl adjacent to an activating group) is 1. The molecule has 0 aliphatic carbocycles. The summed E-state index contributed by atoms with van der Waals surface area (Å²) in [6.45, 7) is 19.6. The van der Waals surface area contributed by atoms with Gasteiger partial charge in [-0.1, -0.05) is 92.1 Å². The molecule has 0 spiro atoms. The number of rotatable bonds is 11. The maximum absolute atomic E-state index is 14.3. The van der Waals surface area contributed by atoms with Gasteiger partial charge >= 0.3 is 0 Å². The van der Waals surface area contributed by atoms with Gasteiger partial charge in [0, 0.05) is 44.1 Å². The summed E-state index contributed by atoms with van der Waals surface area (Å²) in [6.07, 6.45) is 5.87. The van der Waals surface area contributed by atoms with Crippen LogP contribution in [0, 0.1) is 17.3 Å². The molecule has 2 aliphatic heterocycles. The number of carboxylic acid groups (broad SMARTS) is 1. The summed E-state index contributed by atoms with van der Waals surface area (Å²) in [5.74, 6) is 0.0209. The lowest BCUT2D eigenvalue weighted by atomic mass is 9.71. The van der Waals surface area contributed by atoms with Crippen LogP contribution < -0.4 is 5.32 Å². The molecular formula is C36H60N4O5. The number of piperidine rings is 1. The zero-order valence-corrected chi connectivity index (χ0v) is 29.3. The van der Waals surface area contributed by atoms with Crippen molar-refractivity contribution in [3.63, 3.8) is 0 Å². The van der Waals surface area contributed by atoms with Gasteiger partial charge in [0.1, 0.15) is 6.04 Å². The number of benzene rings is 1. The molecule has 3 rings (SSSR count). The molecule has 0 saturated carbocycles. The van der Waals surface area contributed by atoms with Crippen LogP contribution in [0.1, 0.15) is 99.5 Å². The van der Waals surface area contributed by atoms with Crippen molar-refractivity contribution >= 4 is 24.2 Å². The fourth-order valence-corrected chi connectivity index (χ4v) is 7.01. The van der Waals surface area contributed by atoms with Crippen LogP contribution >= 0.6 is 0 Å². The summed E-state index contributed by atoms with van der Waals surface area (Å²) in [6, 6.07) is 9.31. The van der Waals surface area contributed by atoms with E-state index in [2.05, 4.69) is 50.0 Å². The van der Waals surface area contributed by atoms with Crippen molar-refractivity contribution in [2.24, 2.45) is 17.3 Å². The molecule has 254 valence electrons. The second-order valence-corrected chi connectivity index (χ2v) is 14.8. The third-order valence-corrected chi connectivity index (χ3v) is 9.87. The Bertz CT molecular complexity index is 1090. The van der Waals surface area contributed by atoms with Crippen molar-refractivity contribution in [2.75, 3.05) is 33.2 Å². The molecule has 0 unspecified atom stereocenters. The van der Waals surface area contributed by atoms with Crippen LogP contribution in [0.5, 0.6) is 0 Å². The monoisotopic (exact) mass is 628 g/mol. The average Bonchev–Trinajstić information content (AvgIpc) is 3.53. The summed E-state index contributed by atoms with van der Waals surface area (Å²) in [4.78, 5) is 56.2. The highest BCUT2D eigenvalue weighted by Crippen LogP contribution is 2.35. The Morgan fingerprint density at radius 2 is 1.56 bits per heavy atom. The number of nitrogens with zero attached hydrogens (tertiary/aromatic N) is 3. The molecule has 2 fully saturated rings. The maximum atomic E-state index is 14.3. The molecule has 2 N–H and O–H groups in total. The lowest BCUT2D eigenvalue weighted by Gasteiger charge is -2.43. The molecule has 1 aromatic carbocycles. The van der Waals surface area contributed by atoms with Gasteiger partial charge in [-0.25, -0.2) is 0 Å². The smallest absolute Gasteiger partial charge is 0.290 e. The van der Waals surface area contributed by atoms with Crippen molar-refractivity contribution in [2.45, 2.75) is 117 Å². The van der Waals surface area contributed by atoms with Gasteiger partial charge in [-0.3, -0.25) is 24.1 Å². The van der Waals surface area contributed by atoms with Crippen molar-refractivity contribution < 1.29 is 24.3 Å². The fraction of sp³-hybridized carbons (Fsp3) is 0.722. The minimum Gasteiger partial charge on any atom is -0.483 e. The minimum absolute atomic E-state index is 0.0682. The molecule has 4 atom stereocenters. The van der Waals surface area contributed by atoms with E-state index in [0.717, 1.165) is 57.3 Å². The van der Waals surface area contributed by atoms with Crippen molar-refractivity contribution in [1.82, 2.24) is 20.0 Å². The van der Waals surface area contributed by atoms with Crippen molar-refractivity contribution in [3.8, 4) is 0 Å². The van der Waals surface area contributed by atoms with Crippen molar-refractivity contribution in [1.29, 1.82) is 0 Å². The maximum Gasteiger partial charge on any atom is 0.290 e. The van der Waals surface area contributed by atoms with Gasteiger partial charge in [-0.2, -0.15) is 0 Å². The van der Waals surface area contributed by atoms with Crippen LogP contribution in [0.15, 0.2) is 30.3 Å². The number of carbonyl (C=O) groups excluding carboxylic acids is 3. The first kappa shape index (κ1) is 38.2. The standard InChI is InChI=1S/C35H58N4O3.CH2O2/c1-10-27(35(7,8)26-18-12-11-13-19-26)31(40)36-30(34(4,5)6)33(42)37(9)29(25(2)3)24-39-23-15-14-20-28(39)32(41)38-21-16-17-22-38;2-1-3/h11-13,18-19,25,27-30H,10,14-17,20-24H2,1-9H3,(H,36,40);1H,(H,2,3)/t27-,28+,29-,30-;/m1./s1. The van der Waals surface area contributed by atoms with E-state index in [0.29, 0.717) is 13.0 Å². The van der Waals surface area contributed by atoms with Gasteiger partial charge in [0.05, 0.1) is 6.04 Å². The van der Waals surface area contributed by atoms with Gasteiger partial charge < -0.3 is 20.2 Å². The molecular weight excluding hydrogens is 568 g/mol. The van der Waals surface area contributed by atoms with E-state index in [1.165, 1.54) is 0 Å². The molecule has 1 aromatic rings. The number of nitrogens with one attached hydrogen (secondary N) is 1.